The molecule has 0 bridgehead atoms. The van der Waals surface area contributed by atoms with E-state index >= 15 is 0 Å². The van der Waals surface area contributed by atoms with Crippen LogP contribution in [0.4, 0.5) is 0 Å². The SMILES string of the molecule is Cn1cnnc1CNCCCCc1ccccc1. The van der Waals surface area contributed by atoms with Crippen molar-refractivity contribution in [1.82, 2.24) is 20.1 Å². The van der Waals surface area contributed by atoms with Gasteiger partial charge >= 0.3 is 0 Å². The van der Waals surface area contributed by atoms with Gasteiger partial charge in [0.1, 0.15) is 12.2 Å². The van der Waals surface area contributed by atoms with Crippen LogP contribution in [0.2, 0.25) is 0 Å². The molecule has 0 unspecified atom stereocenters. The summed E-state index contributed by atoms with van der Waals surface area (Å²) >= 11 is 0. The molecule has 0 spiro atoms. The second-order valence-corrected chi connectivity index (χ2v) is 4.48. The molecule has 0 radical (unpaired) electrons. The summed E-state index contributed by atoms with van der Waals surface area (Å²) in [5, 5.41) is 11.3. The van der Waals surface area contributed by atoms with Crippen LogP contribution in [0.15, 0.2) is 36.7 Å². The summed E-state index contributed by atoms with van der Waals surface area (Å²) in [6.45, 7) is 1.82. The van der Waals surface area contributed by atoms with E-state index in [2.05, 4.69) is 45.8 Å². The largest absolute Gasteiger partial charge is 0.320 e. The van der Waals surface area contributed by atoms with Crippen LogP contribution in [0.25, 0.3) is 0 Å². The van der Waals surface area contributed by atoms with E-state index in [1.54, 1.807) is 6.33 Å². The van der Waals surface area contributed by atoms with Crippen molar-refractivity contribution in [2.24, 2.45) is 7.05 Å². The molecule has 0 saturated heterocycles. The molecule has 1 heterocycles. The van der Waals surface area contributed by atoms with Crippen LogP contribution >= 0.6 is 0 Å². The minimum atomic E-state index is 0.793. The van der Waals surface area contributed by atoms with E-state index in [0.717, 1.165) is 25.3 Å². The molecule has 1 aromatic carbocycles. The van der Waals surface area contributed by atoms with Gasteiger partial charge in [-0.2, -0.15) is 0 Å². The van der Waals surface area contributed by atoms with Crippen LogP contribution in [0.5, 0.6) is 0 Å². The van der Waals surface area contributed by atoms with E-state index in [4.69, 9.17) is 0 Å². The third kappa shape index (κ3) is 3.96. The van der Waals surface area contributed by atoms with E-state index < -0.39 is 0 Å². The number of hydrogen-bond donors (Lipinski definition) is 1. The maximum Gasteiger partial charge on any atom is 0.146 e. The summed E-state index contributed by atoms with van der Waals surface area (Å²) < 4.78 is 1.94. The molecule has 4 nitrogen and oxygen atoms in total. The van der Waals surface area contributed by atoms with Gasteiger partial charge in [0.05, 0.1) is 6.54 Å². The highest BCUT2D eigenvalue weighted by atomic mass is 15.3. The van der Waals surface area contributed by atoms with E-state index in [1.807, 2.05) is 11.6 Å². The zero-order valence-corrected chi connectivity index (χ0v) is 10.8. The maximum absolute atomic E-state index is 4.03. The highest BCUT2D eigenvalue weighted by molar-refractivity contribution is 5.14. The molecule has 0 fully saturated rings. The van der Waals surface area contributed by atoms with Crippen LogP contribution < -0.4 is 5.32 Å². The Morgan fingerprint density at radius 2 is 2.00 bits per heavy atom. The topological polar surface area (TPSA) is 42.7 Å². The summed E-state index contributed by atoms with van der Waals surface area (Å²) in [5.74, 6) is 0.984. The lowest BCUT2D eigenvalue weighted by Gasteiger charge is -2.04. The molecule has 1 N–H and O–H groups in total. The van der Waals surface area contributed by atoms with Crippen molar-refractivity contribution in [3.05, 3.63) is 48.0 Å². The highest BCUT2D eigenvalue weighted by Gasteiger charge is 1.98. The Balaban J connectivity index is 1.56. The van der Waals surface area contributed by atoms with Gasteiger partial charge in [0.25, 0.3) is 0 Å². The summed E-state index contributed by atoms with van der Waals surface area (Å²) in [6, 6.07) is 10.6. The Morgan fingerprint density at radius 1 is 1.17 bits per heavy atom. The third-order valence-electron chi connectivity index (χ3n) is 3.00. The molecule has 18 heavy (non-hydrogen) atoms. The molecule has 2 rings (SSSR count). The zero-order chi connectivity index (χ0) is 12.6. The van der Waals surface area contributed by atoms with Gasteiger partial charge in [0.2, 0.25) is 0 Å². The van der Waals surface area contributed by atoms with Crippen LogP contribution in [0, 0.1) is 0 Å². The van der Waals surface area contributed by atoms with Crippen LogP contribution in [-0.4, -0.2) is 21.3 Å². The Morgan fingerprint density at radius 3 is 2.72 bits per heavy atom. The molecule has 0 aliphatic rings. The van der Waals surface area contributed by atoms with Crippen LogP contribution in [0.1, 0.15) is 24.2 Å². The van der Waals surface area contributed by atoms with E-state index in [0.29, 0.717) is 0 Å². The van der Waals surface area contributed by atoms with Crippen molar-refractivity contribution >= 4 is 0 Å². The number of hydrogen-bond acceptors (Lipinski definition) is 3. The summed E-state index contributed by atoms with van der Waals surface area (Å²) in [5.41, 5.74) is 1.42. The number of aromatic nitrogens is 3. The van der Waals surface area contributed by atoms with Gasteiger partial charge in [0.15, 0.2) is 0 Å². The fourth-order valence-electron chi connectivity index (χ4n) is 1.89. The van der Waals surface area contributed by atoms with Crippen LogP contribution in [0.3, 0.4) is 0 Å². The molecule has 1 aromatic heterocycles. The molecule has 0 atom stereocenters. The lowest BCUT2D eigenvalue weighted by molar-refractivity contribution is 0.595. The quantitative estimate of drug-likeness (QED) is 0.757. The molecular weight excluding hydrogens is 224 g/mol. The molecule has 0 saturated carbocycles. The standard InChI is InChI=1S/C14H20N4/c1-18-12-16-17-14(18)11-15-10-6-5-9-13-7-3-2-4-8-13/h2-4,7-8,12,15H,5-6,9-11H2,1H3. The van der Waals surface area contributed by atoms with Crippen molar-refractivity contribution in [3.63, 3.8) is 0 Å². The zero-order valence-electron chi connectivity index (χ0n) is 10.8. The Kier molecular flexibility index (Phi) is 4.90. The monoisotopic (exact) mass is 244 g/mol. The fourth-order valence-corrected chi connectivity index (χ4v) is 1.89. The minimum Gasteiger partial charge on any atom is -0.320 e. The lowest BCUT2D eigenvalue weighted by atomic mass is 10.1. The summed E-state index contributed by atoms with van der Waals surface area (Å²) in [7, 11) is 1.96. The molecule has 96 valence electrons. The number of rotatable bonds is 7. The third-order valence-corrected chi connectivity index (χ3v) is 3.00. The molecule has 0 aliphatic heterocycles. The van der Waals surface area contributed by atoms with Crippen molar-refractivity contribution < 1.29 is 0 Å². The molecule has 4 heteroatoms. The minimum absolute atomic E-state index is 0.793. The fraction of sp³-hybridized carbons (Fsp3) is 0.429. The molecule has 0 aliphatic carbocycles. The average Bonchev–Trinajstić information content (AvgIpc) is 2.81. The average molecular weight is 244 g/mol. The first kappa shape index (κ1) is 12.8. The van der Waals surface area contributed by atoms with E-state index in [9.17, 15) is 0 Å². The first-order valence-corrected chi connectivity index (χ1v) is 6.44. The normalized spacial score (nSPS) is 10.7. The van der Waals surface area contributed by atoms with E-state index in [1.165, 1.54) is 18.4 Å². The summed E-state index contributed by atoms with van der Waals surface area (Å²) in [4.78, 5) is 0. The van der Waals surface area contributed by atoms with Crippen molar-refractivity contribution in [2.75, 3.05) is 6.54 Å². The van der Waals surface area contributed by atoms with Gasteiger partial charge in [-0.1, -0.05) is 30.3 Å². The highest BCUT2D eigenvalue weighted by Crippen LogP contribution is 2.03. The number of benzene rings is 1. The van der Waals surface area contributed by atoms with Gasteiger partial charge in [-0.15, -0.1) is 10.2 Å². The molecule has 2 aromatic rings. The smallest absolute Gasteiger partial charge is 0.146 e. The first-order chi connectivity index (χ1) is 8.86. The number of nitrogens with zero attached hydrogens (tertiary/aromatic N) is 3. The van der Waals surface area contributed by atoms with Gasteiger partial charge in [-0.25, -0.2) is 0 Å². The summed E-state index contributed by atoms with van der Waals surface area (Å²) in [6.07, 6.45) is 5.29. The van der Waals surface area contributed by atoms with Crippen molar-refractivity contribution in [2.45, 2.75) is 25.8 Å². The van der Waals surface area contributed by atoms with Crippen molar-refractivity contribution in [1.29, 1.82) is 0 Å². The maximum atomic E-state index is 4.03. The number of unbranched alkanes of at least 4 members (excludes halogenated alkanes) is 1. The number of aryl methyl sites for hydroxylation is 2. The number of nitrogens with one attached hydrogen (secondary N) is 1. The van der Waals surface area contributed by atoms with Gasteiger partial charge in [-0.05, 0) is 31.4 Å². The predicted octanol–water partition coefficient (Wildman–Crippen LogP) is 1.93. The Hall–Kier alpha value is -1.68. The Labute approximate surface area is 108 Å². The van der Waals surface area contributed by atoms with Gasteiger partial charge in [0, 0.05) is 7.05 Å². The Bertz CT molecular complexity index is 450. The predicted molar refractivity (Wildman–Crippen MR) is 72.1 cm³/mol. The van der Waals surface area contributed by atoms with Crippen LogP contribution in [-0.2, 0) is 20.0 Å². The second-order valence-electron chi connectivity index (χ2n) is 4.48. The van der Waals surface area contributed by atoms with Crippen molar-refractivity contribution in [3.8, 4) is 0 Å². The van der Waals surface area contributed by atoms with E-state index in [-0.39, 0.29) is 0 Å². The van der Waals surface area contributed by atoms with Gasteiger partial charge in [-0.3, -0.25) is 0 Å². The van der Waals surface area contributed by atoms with Gasteiger partial charge < -0.3 is 9.88 Å². The second kappa shape index (κ2) is 6.91. The first-order valence-electron chi connectivity index (χ1n) is 6.44. The molecular formula is C14H20N4. The molecule has 0 amide bonds. The lowest BCUT2D eigenvalue weighted by Crippen LogP contribution is -2.17.